The van der Waals surface area contributed by atoms with Crippen molar-refractivity contribution in [2.45, 2.75) is 25.0 Å². The normalized spacial score (nSPS) is 10.8. The van der Waals surface area contributed by atoms with Crippen molar-refractivity contribution >= 4 is 17.7 Å². The molecule has 5 nitrogen and oxygen atoms in total. The molecule has 21 heavy (non-hydrogen) atoms. The van der Waals surface area contributed by atoms with Crippen LogP contribution < -0.4 is 0 Å². The van der Waals surface area contributed by atoms with Gasteiger partial charge in [-0.25, -0.2) is 8.78 Å². The van der Waals surface area contributed by atoms with E-state index in [1.807, 2.05) is 6.92 Å². The van der Waals surface area contributed by atoms with Gasteiger partial charge in [-0.3, -0.25) is 4.79 Å². The Bertz CT molecular complexity index is 641. The Morgan fingerprint density at radius 1 is 1.33 bits per heavy atom. The number of aliphatic carboxylic acids is 1. The minimum absolute atomic E-state index is 0.0347. The van der Waals surface area contributed by atoms with Gasteiger partial charge in [0.05, 0.1) is 5.75 Å². The molecule has 1 aromatic carbocycles. The predicted octanol–water partition coefficient (Wildman–Crippen LogP) is 2.34. The van der Waals surface area contributed by atoms with Gasteiger partial charge in [0.25, 0.3) is 0 Å². The van der Waals surface area contributed by atoms with E-state index < -0.39 is 17.6 Å². The van der Waals surface area contributed by atoms with Crippen LogP contribution in [0.1, 0.15) is 18.3 Å². The zero-order valence-corrected chi connectivity index (χ0v) is 12.0. The number of hydrogen-bond acceptors (Lipinski definition) is 4. The highest BCUT2D eigenvalue weighted by molar-refractivity contribution is 7.99. The third-order valence-corrected chi connectivity index (χ3v) is 3.78. The molecule has 0 fully saturated rings. The van der Waals surface area contributed by atoms with Crippen molar-refractivity contribution in [1.82, 2.24) is 14.8 Å². The molecule has 0 atom stereocenters. The van der Waals surface area contributed by atoms with Gasteiger partial charge in [-0.15, -0.1) is 10.2 Å². The minimum atomic E-state index is -0.965. The fourth-order valence-electron chi connectivity index (χ4n) is 1.86. The number of halogens is 2. The molecule has 1 aromatic heterocycles. The number of benzene rings is 1. The summed E-state index contributed by atoms with van der Waals surface area (Å²) in [6.45, 7) is 2.32. The topological polar surface area (TPSA) is 68.0 Å². The number of nitrogens with zero attached hydrogens (tertiary/aromatic N) is 3. The van der Waals surface area contributed by atoms with Crippen molar-refractivity contribution in [1.29, 1.82) is 0 Å². The lowest BCUT2D eigenvalue weighted by molar-refractivity contribution is -0.133. The molecule has 0 amide bonds. The molecule has 1 N–H and O–H groups in total. The Morgan fingerprint density at radius 3 is 2.57 bits per heavy atom. The van der Waals surface area contributed by atoms with E-state index in [0.717, 1.165) is 11.8 Å². The van der Waals surface area contributed by atoms with E-state index >= 15 is 0 Å². The van der Waals surface area contributed by atoms with Crippen LogP contribution in [-0.2, 0) is 17.8 Å². The van der Waals surface area contributed by atoms with E-state index in [1.165, 1.54) is 18.2 Å². The third-order valence-electron chi connectivity index (χ3n) is 2.83. The minimum Gasteiger partial charge on any atom is -0.481 e. The number of carbonyl (C=O) groups is 1. The summed E-state index contributed by atoms with van der Waals surface area (Å²) in [4.78, 5) is 10.6. The maximum Gasteiger partial charge on any atom is 0.313 e. The lowest BCUT2D eigenvalue weighted by Gasteiger charge is -2.08. The van der Waals surface area contributed by atoms with E-state index in [-0.39, 0.29) is 17.7 Å². The molecule has 0 unspecified atom stereocenters. The lowest BCUT2D eigenvalue weighted by atomic mass is 10.1. The van der Waals surface area contributed by atoms with Gasteiger partial charge in [-0.05, 0) is 19.1 Å². The van der Waals surface area contributed by atoms with E-state index in [0.29, 0.717) is 17.5 Å². The van der Waals surface area contributed by atoms with Gasteiger partial charge in [0.2, 0.25) is 0 Å². The largest absolute Gasteiger partial charge is 0.481 e. The van der Waals surface area contributed by atoms with Crippen molar-refractivity contribution in [3.8, 4) is 0 Å². The quantitative estimate of drug-likeness (QED) is 0.829. The maximum atomic E-state index is 13.7. The number of carboxylic acids is 1. The van der Waals surface area contributed by atoms with Crippen molar-refractivity contribution in [3.63, 3.8) is 0 Å². The summed E-state index contributed by atoms with van der Waals surface area (Å²) in [7, 11) is 0. The first-order valence-corrected chi connectivity index (χ1v) is 7.21. The molecule has 0 aliphatic carbocycles. The van der Waals surface area contributed by atoms with Gasteiger partial charge in [-0.1, -0.05) is 17.8 Å². The van der Waals surface area contributed by atoms with E-state index in [1.54, 1.807) is 4.57 Å². The second kappa shape index (κ2) is 6.66. The van der Waals surface area contributed by atoms with Gasteiger partial charge in [-0.2, -0.15) is 0 Å². The monoisotopic (exact) mass is 313 g/mol. The predicted molar refractivity (Wildman–Crippen MR) is 73.2 cm³/mol. The average molecular weight is 313 g/mol. The number of aromatic nitrogens is 3. The number of thioether (sulfide) groups is 1. The lowest BCUT2D eigenvalue weighted by Crippen LogP contribution is -2.07. The van der Waals surface area contributed by atoms with Crippen LogP contribution in [0.4, 0.5) is 8.78 Å². The molecule has 0 saturated heterocycles. The molecular weight excluding hydrogens is 300 g/mol. The second-order valence-electron chi connectivity index (χ2n) is 4.20. The molecule has 0 bridgehead atoms. The van der Waals surface area contributed by atoms with Crippen LogP contribution in [0.3, 0.4) is 0 Å². The summed E-state index contributed by atoms with van der Waals surface area (Å²) < 4.78 is 29.0. The van der Waals surface area contributed by atoms with Crippen LogP contribution in [0, 0.1) is 11.6 Å². The van der Waals surface area contributed by atoms with Crippen LogP contribution >= 0.6 is 11.8 Å². The molecule has 8 heteroatoms. The highest BCUT2D eigenvalue weighted by Gasteiger charge is 2.16. The maximum absolute atomic E-state index is 13.7. The van der Waals surface area contributed by atoms with Gasteiger partial charge in [0.1, 0.15) is 17.5 Å². The number of rotatable bonds is 6. The molecule has 0 aliphatic rings. The first-order valence-electron chi connectivity index (χ1n) is 6.22. The summed E-state index contributed by atoms with van der Waals surface area (Å²) in [5.41, 5.74) is -0.0746. The Kier molecular flexibility index (Phi) is 4.89. The standard InChI is InChI=1S/C13H13F2N3O2S/c1-2-18-11(16-17-13(18)21-7-12(19)20)6-8-9(14)4-3-5-10(8)15/h3-5H,2,6-7H2,1H3,(H,19,20). The number of carboxylic acid groups (broad SMARTS) is 1. The SMILES string of the molecule is CCn1c(Cc2c(F)cccc2F)nnc1SCC(=O)O. The Hall–Kier alpha value is -1.96. The fourth-order valence-corrected chi connectivity index (χ4v) is 2.60. The van der Waals surface area contributed by atoms with E-state index in [2.05, 4.69) is 10.2 Å². The van der Waals surface area contributed by atoms with Crippen molar-refractivity contribution in [2.75, 3.05) is 5.75 Å². The van der Waals surface area contributed by atoms with Crippen LogP contribution in [0.2, 0.25) is 0 Å². The smallest absolute Gasteiger partial charge is 0.313 e. The van der Waals surface area contributed by atoms with Crippen LogP contribution in [-0.4, -0.2) is 31.6 Å². The fraction of sp³-hybridized carbons (Fsp3) is 0.308. The summed E-state index contributed by atoms with van der Waals surface area (Å²) in [6.07, 6.45) is -0.0347. The average Bonchev–Trinajstić information content (AvgIpc) is 2.82. The molecule has 0 aliphatic heterocycles. The zero-order valence-electron chi connectivity index (χ0n) is 11.2. The Balaban J connectivity index is 2.26. The molecular formula is C13H13F2N3O2S. The van der Waals surface area contributed by atoms with Crippen LogP contribution in [0.15, 0.2) is 23.4 Å². The zero-order chi connectivity index (χ0) is 15.4. The first kappa shape index (κ1) is 15.4. The molecule has 0 saturated carbocycles. The molecule has 112 valence electrons. The molecule has 0 spiro atoms. The highest BCUT2D eigenvalue weighted by Crippen LogP contribution is 2.20. The van der Waals surface area contributed by atoms with Crippen LogP contribution in [0.25, 0.3) is 0 Å². The van der Waals surface area contributed by atoms with Crippen molar-refractivity contribution < 1.29 is 18.7 Å². The van der Waals surface area contributed by atoms with Gasteiger partial charge < -0.3 is 9.67 Å². The molecule has 2 rings (SSSR count). The first-order chi connectivity index (χ1) is 10.0. The highest BCUT2D eigenvalue weighted by atomic mass is 32.2. The Morgan fingerprint density at radius 2 is 2.00 bits per heavy atom. The molecule has 1 heterocycles. The van der Waals surface area contributed by atoms with Gasteiger partial charge in [0.15, 0.2) is 5.16 Å². The van der Waals surface area contributed by atoms with Crippen molar-refractivity contribution in [3.05, 3.63) is 41.2 Å². The summed E-state index contributed by atoms with van der Waals surface area (Å²) in [5.74, 6) is -1.99. The summed E-state index contributed by atoms with van der Waals surface area (Å²) in [5, 5.41) is 16.9. The van der Waals surface area contributed by atoms with Gasteiger partial charge >= 0.3 is 5.97 Å². The number of hydrogen-bond donors (Lipinski definition) is 1. The summed E-state index contributed by atoms with van der Waals surface area (Å²) >= 11 is 1.02. The Labute approximate surface area is 124 Å². The summed E-state index contributed by atoms with van der Waals surface area (Å²) in [6, 6.07) is 3.67. The van der Waals surface area contributed by atoms with E-state index in [9.17, 15) is 13.6 Å². The van der Waals surface area contributed by atoms with Gasteiger partial charge in [0, 0.05) is 18.5 Å². The second-order valence-corrected chi connectivity index (χ2v) is 5.14. The molecule has 0 radical (unpaired) electrons. The van der Waals surface area contributed by atoms with Crippen molar-refractivity contribution in [2.24, 2.45) is 0 Å². The molecule has 2 aromatic rings. The third kappa shape index (κ3) is 3.57. The van der Waals surface area contributed by atoms with E-state index in [4.69, 9.17) is 5.11 Å². The van der Waals surface area contributed by atoms with Crippen LogP contribution in [0.5, 0.6) is 0 Å².